The molecule has 3 nitrogen and oxygen atoms in total. The number of nitrogens with one attached hydrogen (secondary N) is 1. The van der Waals surface area contributed by atoms with Gasteiger partial charge in [0.2, 0.25) is 0 Å². The average molecular weight is 224 g/mol. The van der Waals surface area contributed by atoms with Crippen LogP contribution in [-0.2, 0) is 4.74 Å². The Morgan fingerprint density at radius 3 is 3.06 bits per heavy atom. The van der Waals surface area contributed by atoms with Crippen LogP contribution in [0.4, 0.5) is 0 Å². The standard InChI is InChI=1S/C13H24N2O/c1-3-5-8-15-13(11-14)7-9-16-12(10-13)6-4-2/h1,12,15H,4-11,14H2,2H3. The second-order valence-corrected chi connectivity index (χ2v) is 4.60. The molecule has 1 heterocycles. The van der Waals surface area contributed by atoms with Crippen molar-refractivity contribution in [3.05, 3.63) is 0 Å². The van der Waals surface area contributed by atoms with Crippen molar-refractivity contribution in [3.63, 3.8) is 0 Å². The highest BCUT2D eigenvalue weighted by atomic mass is 16.5. The minimum absolute atomic E-state index is 0.0505. The van der Waals surface area contributed by atoms with Crippen molar-refractivity contribution in [2.24, 2.45) is 5.73 Å². The topological polar surface area (TPSA) is 47.3 Å². The Hall–Kier alpha value is -0.560. The third-order valence-corrected chi connectivity index (χ3v) is 3.32. The predicted octanol–water partition coefficient (Wildman–Crippen LogP) is 1.28. The van der Waals surface area contributed by atoms with Crippen LogP contribution in [0.25, 0.3) is 0 Å². The van der Waals surface area contributed by atoms with Crippen LogP contribution in [0.15, 0.2) is 0 Å². The lowest BCUT2D eigenvalue weighted by molar-refractivity contribution is -0.0303. The number of hydrogen-bond acceptors (Lipinski definition) is 3. The Morgan fingerprint density at radius 1 is 1.62 bits per heavy atom. The smallest absolute Gasteiger partial charge is 0.0593 e. The Balaban J connectivity index is 2.47. The lowest BCUT2D eigenvalue weighted by atomic mass is 9.85. The van der Waals surface area contributed by atoms with Gasteiger partial charge < -0.3 is 15.8 Å². The van der Waals surface area contributed by atoms with Gasteiger partial charge in [0.25, 0.3) is 0 Å². The zero-order valence-electron chi connectivity index (χ0n) is 10.3. The van der Waals surface area contributed by atoms with Gasteiger partial charge in [-0.2, -0.15) is 0 Å². The van der Waals surface area contributed by atoms with Crippen LogP contribution in [0.5, 0.6) is 0 Å². The van der Waals surface area contributed by atoms with E-state index >= 15 is 0 Å². The van der Waals surface area contributed by atoms with Gasteiger partial charge in [0, 0.05) is 31.7 Å². The molecule has 0 saturated carbocycles. The Bertz CT molecular complexity index is 235. The van der Waals surface area contributed by atoms with Gasteiger partial charge in [0.05, 0.1) is 6.10 Å². The summed E-state index contributed by atoms with van der Waals surface area (Å²) in [6.07, 6.45) is 10.7. The van der Waals surface area contributed by atoms with Crippen LogP contribution in [-0.4, -0.2) is 31.3 Å². The van der Waals surface area contributed by atoms with Crippen molar-refractivity contribution >= 4 is 0 Å². The summed E-state index contributed by atoms with van der Waals surface area (Å²) in [5, 5.41) is 3.53. The number of ether oxygens (including phenoxy) is 1. The van der Waals surface area contributed by atoms with E-state index in [-0.39, 0.29) is 5.54 Å². The summed E-state index contributed by atoms with van der Waals surface area (Å²) in [5.74, 6) is 2.65. The Kier molecular flexibility index (Phi) is 5.83. The van der Waals surface area contributed by atoms with Crippen LogP contribution < -0.4 is 11.1 Å². The molecular weight excluding hydrogens is 200 g/mol. The van der Waals surface area contributed by atoms with E-state index in [4.69, 9.17) is 16.9 Å². The van der Waals surface area contributed by atoms with E-state index in [1.54, 1.807) is 0 Å². The highest BCUT2D eigenvalue weighted by Crippen LogP contribution is 2.26. The maximum absolute atomic E-state index is 5.91. The van der Waals surface area contributed by atoms with Crippen molar-refractivity contribution in [2.75, 3.05) is 19.7 Å². The van der Waals surface area contributed by atoms with Crippen LogP contribution in [0.2, 0.25) is 0 Å². The number of nitrogens with two attached hydrogens (primary N) is 1. The quantitative estimate of drug-likeness (QED) is 0.528. The summed E-state index contributed by atoms with van der Waals surface area (Å²) >= 11 is 0. The molecule has 0 radical (unpaired) electrons. The fourth-order valence-corrected chi connectivity index (χ4v) is 2.34. The molecule has 1 fully saturated rings. The molecule has 92 valence electrons. The number of rotatable bonds is 6. The predicted molar refractivity (Wildman–Crippen MR) is 67.1 cm³/mol. The molecule has 16 heavy (non-hydrogen) atoms. The van der Waals surface area contributed by atoms with Gasteiger partial charge in [-0.3, -0.25) is 0 Å². The zero-order valence-corrected chi connectivity index (χ0v) is 10.3. The summed E-state index contributed by atoms with van der Waals surface area (Å²) in [6.45, 7) is 4.52. The van der Waals surface area contributed by atoms with Gasteiger partial charge >= 0.3 is 0 Å². The van der Waals surface area contributed by atoms with Gasteiger partial charge in [0.15, 0.2) is 0 Å². The molecule has 0 aromatic carbocycles. The molecule has 1 aliphatic rings. The summed E-state index contributed by atoms with van der Waals surface area (Å²) < 4.78 is 5.75. The largest absolute Gasteiger partial charge is 0.378 e. The first kappa shape index (κ1) is 13.5. The van der Waals surface area contributed by atoms with Crippen LogP contribution in [0, 0.1) is 12.3 Å². The molecule has 2 atom stereocenters. The minimum atomic E-state index is 0.0505. The second-order valence-electron chi connectivity index (χ2n) is 4.60. The SMILES string of the molecule is C#CCCNC1(CN)CCOC(CCC)C1. The lowest BCUT2D eigenvalue weighted by Crippen LogP contribution is -2.56. The Labute approximate surface area is 99.1 Å². The highest BCUT2D eigenvalue weighted by Gasteiger charge is 2.34. The molecule has 0 amide bonds. The third kappa shape index (κ3) is 3.79. The van der Waals surface area contributed by atoms with E-state index in [1.165, 1.54) is 0 Å². The van der Waals surface area contributed by atoms with Crippen molar-refractivity contribution in [3.8, 4) is 12.3 Å². The van der Waals surface area contributed by atoms with Gasteiger partial charge in [-0.15, -0.1) is 12.3 Å². The number of hydrogen-bond donors (Lipinski definition) is 2. The molecule has 1 aliphatic heterocycles. The maximum Gasteiger partial charge on any atom is 0.0593 e. The third-order valence-electron chi connectivity index (χ3n) is 3.32. The van der Waals surface area contributed by atoms with Gasteiger partial charge in [-0.05, 0) is 19.3 Å². The first-order valence-corrected chi connectivity index (χ1v) is 6.26. The van der Waals surface area contributed by atoms with E-state index < -0.39 is 0 Å². The highest BCUT2D eigenvalue weighted by molar-refractivity contribution is 4.95. The first-order valence-electron chi connectivity index (χ1n) is 6.26. The maximum atomic E-state index is 5.91. The number of terminal acetylenes is 1. The monoisotopic (exact) mass is 224 g/mol. The fraction of sp³-hybridized carbons (Fsp3) is 0.846. The molecule has 1 rings (SSSR count). The average Bonchev–Trinajstić information content (AvgIpc) is 2.30. The normalized spacial score (nSPS) is 29.9. The van der Waals surface area contributed by atoms with Crippen LogP contribution in [0.3, 0.4) is 0 Å². The van der Waals surface area contributed by atoms with Crippen molar-refractivity contribution in [1.29, 1.82) is 0 Å². The molecule has 0 bridgehead atoms. The molecule has 3 N–H and O–H groups in total. The van der Waals surface area contributed by atoms with Crippen molar-refractivity contribution in [2.45, 2.75) is 50.7 Å². The van der Waals surface area contributed by atoms with E-state index in [0.29, 0.717) is 12.6 Å². The molecule has 0 aromatic heterocycles. The van der Waals surface area contributed by atoms with Crippen molar-refractivity contribution in [1.82, 2.24) is 5.32 Å². The van der Waals surface area contributed by atoms with Crippen LogP contribution >= 0.6 is 0 Å². The fourth-order valence-electron chi connectivity index (χ4n) is 2.34. The van der Waals surface area contributed by atoms with Crippen molar-refractivity contribution < 1.29 is 4.74 Å². The summed E-state index contributed by atoms with van der Waals surface area (Å²) in [6, 6.07) is 0. The summed E-state index contributed by atoms with van der Waals surface area (Å²) in [4.78, 5) is 0. The molecule has 0 spiro atoms. The Morgan fingerprint density at radius 2 is 2.44 bits per heavy atom. The molecule has 0 aliphatic carbocycles. The molecule has 2 unspecified atom stereocenters. The first-order chi connectivity index (χ1) is 7.76. The molecule has 1 saturated heterocycles. The van der Waals surface area contributed by atoms with E-state index in [1.807, 2.05) is 0 Å². The molecule has 0 aromatic rings. The second kappa shape index (κ2) is 6.90. The van der Waals surface area contributed by atoms with E-state index in [2.05, 4.69) is 18.2 Å². The molecular formula is C13H24N2O. The van der Waals surface area contributed by atoms with Gasteiger partial charge in [-0.25, -0.2) is 0 Å². The van der Waals surface area contributed by atoms with E-state index in [0.717, 1.165) is 45.3 Å². The van der Waals surface area contributed by atoms with E-state index in [9.17, 15) is 0 Å². The minimum Gasteiger partial charge on any atom is -0.378 e. The lowest BCUT2D eigenvalue weighted by Gasteiger charge is -2.41. The zero-order chi connectivity index (χ0) is 11.9. The van der Waals surface area contributed by atoms with Crippen LogP contribution in [0.1, 0.15) is 39.0 Å². The summed E-state index contributed by atoms with van der Waals surface area (Å²) in [5.41, 5.74) is 5.96. The van der Waals surface area contributed by atoms with Gasteiger partial charge in [0.1, 0.15) is 0 Å². The summed E-state index contributed by atoms with van der Waals surface area (Å²) in [7, 11) is 0. The molecule has 3 heteroatoms. The van der Waals surface area contributed by atoms with Gasteiger partial charge in [-0.1, -0.05) is 13.3 Å².